The van der Waals surface area contributed by atoms with E-state index in [9.17, 15) is 15.3 Å². The molecular formula is C22H29N7O3S. The van der Waals surface area contributed by atoms with Crippen molar-refractivity contribution in [2.75, 3.05) is 23.8 Å². The lowest BCUT2D eigenvalue weighted by Gasteiger charge is -2.21. The fourth-order valence-corrected chi connectivity index (χ4v) is 5.43. The summed E-state index contributed by atoms with van der Waals surface area (Å²) in [7, 11) is 0. The number of hydrogen-bond acceptors (Lipinski definition) is 11. The van der Waals surface area contributed by atoms with Crippen molar-refractivity contribution < 1.29 is 15.3 Å². The lowest BCUT2D eigenvalue weighted by Crippen LogP contribution is -2.36. The van der Waals surface area contributed by atoms with Crippen LogP contribution in [0.2, 0.25) is 0 Å². The summed E-state index contributed by atoms with van der Waals surface area (Å²) in [5.74, 6) is 0.567. The number of aromatic nitrogens is 4. The maximum atomic E-state index is 10.6. The molecule has 2 saturated carbocycles. The van der Waals surface area contributed by atoms with Crippen LogP contribution in [0.3, 0.4) is 0 Å². The van der Waals surface area contributed by atoms with Gasteiger partial charge in [0.05, 0.1) is 33.8 Å². The van der Waals surface area contributed by atoms with Crippen molar-refractivity contribution in [3.8, 4) is 10.6 Å². The zero-order valence-electron chi connectivity index (χ0n) is 18.6. The zero-order chi connectivity index (χ0) is 23.3. The highest BCUT2D eigenvalue weighted by Gasteiger charge is 2.42. The van der Waals surface area contributed by atoms with Crippen LogP contribution in [0.4, 0.5) is 11.8 Å². The molecule has 176 valence electrons. The molecule has 0 aliphatic heterocycles. The van der Waals surface area contributed by atoms with E-state index in [1.54, 1.807) is 6.20 Å². The molecule has 0 amide bonds. The Bertz CT molecular complexity index is 1180. The minimum Gasteiger partial charge on any atom is -0.396 e. The first-order valence-electron chi connectivity index (χ1n) is 11.2. The Morgan fingerprint density at radius 2 is 1.94 bits per heavy atom. The minimum absolute atomic E-state index is 0.193. The monoisotopic (exact) mass is 471 g/mol. The highest BCUT2D eigenvalue weighted by atomic mass is 32.1. The number of nitrogens with one attached hydrogen (secondary N) is 2. The van der Waals surface area contributed by atoms with E-state index < -0.39 is 24.2 Å². The van der Waals surface area contributed by atoms with Crippen LogP contribution in [-0.2, 0) is 0 Å². The number of aliphatic hydroxyl groups is 3. The van der Waals surface area contributed by atoms with Crippen LogP contribution in [0.1, 0.15) is 30.7 Å². The summed E-state index contributed by atoms with van der Waals surface area (Å²) in [4.78, 5) is 18.5. The molecule has 7 N–H and O–H groups in total. The summed E-state index contributed by atoms with van der Waals surface area (Å²) in [6.07, 6.45) is 2.09. The van der Waals surface area contributed by atoms with Crippen LogP contribution >= 0.6 is 11.3 Å². The van der Waals surface area contributed by atoms with E-state index in [0.29, 0.717) is 24.7 Å². The molecule has 0 unspecified atom stereocenters. The second-order valence-electron chi connectivity index (χ2n) is 9.24. The standard InChI is InChI=1S/C22H29N7O3S/c1-10-15(20-28-16-11(2)24-6-3-14(16)33-20)19(27-13-7-12(8-30)17(31)18(13)32)29-21(26-10)25-9-22(23)4-5-22/h3,6,12-13,17-18,30-32H,4-5,7-9,23H2,1-2H3,(H2,25,26,27,29)/t12-,13-,17-,18+/m1/s1. The second kappa shape index (κ2) is 8.41. The van der Waals surface area contributed by atoms with Crippen LogP contribution in [0.15, 0.2) is 12.3 Å². The van der Waals surface area contributed by atoms with Crippen LogP contribution in [0, 0.1) is 19.8 Å². The van der Waals surface area contributed by atoms with Gasteiger partial charge < -0.3 is 31.7 Å². The summed E-state index contributed by atoms with van der Waals surface area (Å²) in [6.45, 7) is 4.21. The molecule has 33 heavy (non-hydrogen) atoms. The first-order valence-corrected chi connectivity index (χ1v) is 12.0. The first kappa shape index (κ1) is 22.4. The van der Waals surface area contributed by atoms with Gasteiger partial charge in [-0.25, -0.2) is 9.97 Å². The van der Waals surface area contributed by atoms with E-state index >= 15 is 0 Å². The molecule has 2 aliphatic carbocycles. The maximum absolute atomic E-state index is 10.6. The normalized spacial score (nSPS) is 26.0. The molecule has 2 aliphatic rings. The van der Waals surface area contributed by atoms with E-state index in [-0.39, 0.29) is 12.1 Å². The van der Waals surface area contributed by atoms with Crippen molar-refractivity contribution in [1.82, 2.24) is 19.9 Å². The third-order valence-electron chi connectivity index (χ3n) is 6.64. The van der Waals surface area contributed by atoms with Crippen molar-refractivity contribution in [3.05, 3.63) is 23.7 Å². The number of rotatable bonds is 7. The third kappa shape index (κ3) is 4.26. The minimum atomic E-state index is -1.03. The van der Waals surface area contributed by atoms with Gasteiger partial charge in [0.25, 0.3) is 0 Å². The molecule has 0 saturated heterocycles. The quantitative estimate of drug-likeness (QED) is 0.295. The Morgan fingerprint density at radius 1 is 1.15 bits per heavy atom. The van der Waals surface area contributed by atoms with Gasteiger partial charge in [0, 0.05) is 30.8 Å². The number of aryl methyl sites for hydroxylation is 2. The van der Waals surface area contributed by atoms with E-state index in [0.717, 1.165) is 45.0 Å². The molecule has 10 nitrogen and oxygen atoms in total. The van der Waals surface area contributed by atoms with Gasteiger partial charge in [-0.3, -0.25) is 4.98 Å². The Morgan fingerprint density at radius 3 is 2.61 bits per heavy atom. The molecule has 0 radical (unpaired) electrons. The molecule has 0 aromatic carbocycles. The van der Waals surface area contributed by atoms with Crippen molar-refractivity contribution in [2.24, 2.45) is 11.7 Å². The van der Waals surface area contributed by atoms with Crippen LogP contribution < -0.4 is 16.4 Å². The number of aliphatic hydroxyl groups excluding tert-OH is 3. The molecule has 4 atom stereocenters. The molecule has 3 heterocycles. The zero-order valence-corrected chi connectivity index (χ0v) is 19.4. The molecule has 3 aromatic rings. The Kier molecular flexibility index (Phi) is 5.69. The van der Waals surface area contributed by atoms with Gasteiger partial charge in [-0.2, -0.15) is 4.98 Å². The number of thiazole rings is 1. The fraction of sp³-hybridized carbons (Fsp3) is 0.545. The Balaban J connectivity index is 1.54. The summed E-state index contributed by atoms with van der Waals surface area (Å²) in [6, 6.07) is 1.46. The van der Waals surface area contributed by atoms with Crippen LogP contribution in [0.25, 0.3) is 20.8 Å². The SMILES string of the molecule is Cc1nc(NCC2(N)CC2)nc(N[C@@H]2C[C@H](CO)[C@@H](O)[C@H]2O)c1-c1nc2c(C)nccc2s1. The smallest absolute Gasteiger partial charge is 0.224 e. The van der Waals surface area contributed by atoms with E-state index in [1.165, 1.54) is 11.3 Å². The van der Waals surface area contributed by atoms with Crippen LogP contribution in [-0.4, -0.2) is 72.2 Å². The van der Waals surface area contributed by atoms with Gasteiger partial charge in [-0.15, -0.1) is 11.3 Å². The van der Waals surface area contributed by atoms with E-state index in [4.69, 9.17) is 15.7 Å². The van der Waals surface area contributed by atoms with E-state index in [2.05, 4.69) is 20.6 Å². The fourth-order valence-electron chi connectivity index (χ4n) is 4.32. The van der Waals surface area contributed by atoms with Crippen molar-refractivity contribution in [3.63, 3.8) is 0 Å². The number of pyridine rings is 1. The Hall–Kier alpha value is -2.44. The van der Waals surface area contributed by atoms with Gasteiger partial charge >= 0.3 is 0 Å². The van der Waals surface area contributed by atoms with E-state index in [1.807, 2.05) is 19.9 Å². The van der Waals surface area contributed by atoms with Gasteiger partial charge in [0.2, 0.25) is 5.95 Å². The highest BCUT2D eigenvalue weighted by molar-refractivity contribution is 7.21. The molecule has 3 aromatic heterocycles. The number of nitrogens with two attached hydrogens (primary N) is 1. The molecule has 0 spiro atoms. The topological polar surface area (TPSA) is 162 Å². The number of anilines is 2. The molecule has 0 bridgehead atoms. The van der Waals surface area contributed by atoms with Crippen molar-refractivity contribution in [1.29, 1.82) is 0 Å². The summed E-state index contributed by atoms with van der Waals surface area (Å²) >= 11 is 1.53. The molecule has 5 rings (SSSR count). The van der Waals surface area contributed by atoms with Gasteiger partial charge in [0.15, 0.2) is 0 Å². The van der Waals surface area contributed by atoms with Crippen molar-refractivity contribution in [2.45, 2.75) is 56.9 Å². The average Bonchev–Trinajstić information content (AvgIpc) is 3.26. The summed E-state index contributed by atoms with van der Waals surface area (Å²) in [5.41, 5.74) is 9.16. The Labute approximate surface area is 195 Å². The number of fused-ring (bicyclic) bond motifs is 1. The number of hydrogen-bond donors (Lipinski definition) is 6. The average molecular weight is 472 g/mol. The summed E-state index contributed by atoms with van der Waals surface area (Å²) in [5, 5.41) is 37.7. The van der Waals surface area contributed by atoms with Gasteiger partial charge in [-0.05, 0) is 39.2 Å². The lowest BCUT2D eigenvalue weighted by molar-refractivity contribution is 0.00446. The largest absolute Gasteiger partial charge is 0.396 e. The summed E-state index contributed by atoms with van der Waals surface area (Å²) < 4.78 is 1.01. The lowest BCUT2D eigenvalue weighted by atomic mass is 10.1. The third-order valence-corrected chi connectivity index (χ3v) is 7.68. The van der Waals surface area contributed by atoms with Crippen molar-refractivity contribution >= 4 is 33.3 Å². The second-order valence-corrected chi connectivity index (χ2v) is 10.3. The number of nitrogens with zero attached hydrogens (tertiary/aromatic N) is 4. The highest BCUT2D eigenvalue weighted by Crippen LogP contribution is 2.39. The predicted octanol–water partition coefficient (Wildman–Crippen LogP) is 1.18. The van der Waals surface area contributed by atoms with Gasteiger partial charge in [-0.1, -0.05) is 0 Å². The van der Waals surface area contributed by atoms with Gasteiger partial charge in [0.1, 0.15) is 22.4 Å². The first-order chi connectivity index (χ1) is 15.8. The molecule has 2 fully saturated rings. The molecular weight excluding hydrogens is 442 g/mol. The van der Waals surface area contributed by atoms with Crippen LogP contribution in [0.5, 0.6) is 0 Å². The molecule has 11 heteroatoms. The maximum Gasteiger partial charge on any atom is 0.224 e. The predicted molar refractivity (Wildman–Crippen MR) is 127 cm³/mol.